The highest BCUT2D eigenvalue weighted by Gasteiger charge is 2.20. The second-order valence-electron chi connectivity index (χ2n) is 6.63. The van der Waals surface area contributed by atoms with Crippen molar-refractivity contribution in [3.63, 3.8) is 0 Å². The van der Waals surface area contributed by atoms with Crippen molar-refractivity contribution in [2.45, 2.75) is 13.8 Å². The molecule has 0 spiro atoms. The molecule has 27 heavy (non-hydrogen) atoms. The molecular formula is C23H18Cl2N2. The molecule has 0 aliphatic rings. The lowest BCUT2D eigenvalue weighted by Gasteiger charge is -2.09. The predicted molar refractivity (Wildman–Crippen MR) is 114 cm³/mol. The second kappa shape index (κ2) is 7.22. The van der Waals surface area contributed by atoms with E-state index in [0.717, 1.165) is 28.2 Å². The number of hydrogen-bond donors (Lipinski definition) is 0. The van der Waals surface area contributed by atoms with E-state index >= 15 is 0 Å². The molecule has 0 radical (unpaired) electrons. The van der Waals surface area contributed by atoms with Gasteiger partial charge >= 0.3 is 0 Å². The molecule has 0 unspecified atom stereocenters. The molecular weight excluding hydrogens is 375 g/mol. The van der Waals surface area contributed by atoms with Crippen molar-refractivity contribution < 1.29 is 0 Å². The topological polar surface area (TPSA) is 17.8 Å². The van der Waals surface area contributed by atoms with Gasteiger partial charge in [-0.15, -0.1) is 0 Å². The first-order chi connectivity index (χ1) is 13.0. The van der Waals surface area contributed by atoms with Crippen molar-refractivity contribution in [2.75, 3.05) is 0 Å². The van der Waals surface area contributed by atoms with Crippen molar-refractivity contribution in [3.8, 4) is 28.2 Å². The van der Waals surface area contributed by atoms with Crippen LogP contribution in [0.15, 0.2) is 72.8 Å². The maximum absolute atomic E-state index is 6.85. The summed E-state index contributed by atoms with van der Waals surface area (Å²) in [5.41, 5.74) is 6.88. The molecule has 0 atom stereocenters. The first kappa shape index (κ1) is 17.8. The molecule has 1 aromatic heterocycles. The smallest absolute Gasteiger partial charge is 0.112 e. The SMILES string of the molecule is Cc1ccc(-c2nn(-c3cccc(Cl)c3)c(-c3ccc(C)cc3)c2Cl)cc1. The Hall–Kier alpha value is -2.55. The summed E-state index contributed by atoms with van der Waals surface area (Å²) in [4.78, 5) is 0. The van der Waals surface area contributed by atoms with E-state index in [4.69, 9.17) is 28.3 Å². The van der Waals surface area contributed by atoms with E-state index < -0.39 is 0 Å². The lowest BCUT2D eigenvalue weighted by Crippen LogP contribution is -1.99. The van der Waals surface area contributed by atoms with Gasteiger partial charge in [0.2, 0.25) is 0 Å². The minimum atomic E-state index is 0.627. The normalized spacial score (nSPS) is 11.0. The molecule has 134 valence electrons. The van der Waals surface area contributed by atoms with Gasteiger partial charge in [-0.25, -0.2) is 4.68 Å². The number of halogens is 2. The Morgan fingerprint density at radius 2 is 1.33 bits per heavy atom. The number of benzene rings is 3. The van der Waals surface area contributed by atoms with E-state index in [0.29, 0.717) is 10.0 Å². The predicted octanol–water partition coefficient (Wildman–Crippen LogP) is 7.13. The first-order valence-electron chi connectivity index (χ1n) is 8.71. The second-order valence-corrected chi connectivity index (χ2v) is 7.45. The van der Waals surface area contributed by atoms with Gasteiger partial charge in [0.15, 0.2) is 0 Å². The van der Waals surface area contributed by atoms with E-state index in [1.807, 2.05) is 41.1 Å². The maximum Gasteiger partial charge on any atom is 0.112 e. The third-order valence-electron chi connectivity index (χ3n) is 4.53. The largest absolute Gasteiger partial charge is 0.231 e. The summed E-state index contributed by atoms with van der Waals surface area (Å²) < 4.78 is 1.87. The highest BCUT2D eigenvalue weighted by molar-refractivity contribution is 6.35. The van der Waals surface area contributed by atoms with Crippen LogP contribution >= 0.6 is 23.2 Å². The minimum absolute atomic E-state index is 0.627. The number of nitrogens with zero attached hydrogens (tertiary/aromatic N) is 2. The molecule has 4 heteroatoms. The van der Waals surface area contributed by atoms with Crippen molar-refractivity contribution in [1.82, 2.24) is 9.78 Å². The van der Waals surface area contributed by atoms with Crippen LogP contribution in [0.5, 0.6) is 0 Å². The summed E-state index contributed by atoms with van der Waals surface area (Å²) >= 11 is 13.1. The van der Waals surface area contributed by atoms with Crippen LogP contribution in [0.3, 0.4) is 0 Å². The van der Waals surface area contributed by atoms with Crippen LogP contribution in [-0.2, 0) is 0 Å². The number of aryl methyl sites for hydroxylation is 2. The van der Waals surface area contributed by atoms with Crippen LogP contribution in [0.4, 0.5) is 0 Å². The summed E-state index contributed by atoms with van der Waals surface area (Å²) in [6.07, 6.45) is 0. The van der Waals surface area contributed by atoms with Crippen molar-refractivity contribution in [1.29, 1.82) is 0 Å². The summed E-state index contributed by atoms with van der Waals surface area (Å²) in [6.45, 7) is 4.13. The van der Waals surface area contributed by atoms with Gasteiger partial charge in [-0.1, -0.05) is 88.9 Å². The van der Waals surface area contributed by atoms with Gasteiger partial charge in [0.05, 0.1) is 16.4 Å². The molecule has 4 aromatic rings. The Kier molecular flexibility index (Phi) is 4.77. The molecule has 0 amide bonds. The lowest BCUT2D eigenvalue weighted by molar-refractivity contribution is 0.892. The fraction of sp³-hybridized carbons (Fsp3) is 0.0870. The summed E-state index contributed by atoms with van der Waals surface area (Å²) in [6, 6.07) is 24.1. The lowest BCUT2D eigenvalue weighted by atomic mass is 10.1. The third-order valence-corrected chi connectivity index (χ3v) is 5.12. The Bertz CT molecular complexity index is 1090. The van der Waals surface area contributed by atoms with Gasteiger partial charge in [0.25, 0.3) is 0 Å². The van der Waals surface area contributed by atoms with Crippen molar-refractivity contribution in [2.24, 2.45) is 0 Å². The van der Waals surface area contributed by atoms with E-state index in [9.17, 15) is 0 Å². The van der Waals surface area contributed by atoms with Gasteiger partial charge in [-0.05, 0) is 32.0 Å². The molecule has 0 aliphatic heterocycles. The molecule has 0 saturated carbocycles. The van der Waals surface area contributed by atoms with Gasteiger partial charge in [-0.3, -0.25) is 0 Å². The number of aromatic nitrogens is 2. The Morgan fingerprint density at radius 1 is 0.741 bits per heavy atom. The van der Waals surface area contributed by atoms with Crippen LogP contribution in [0, 0.1) is 13.8 Å². The van der Waals surface area contributed by atoms with Crippen LogP contribution in [0.2, 0.25) is 10.0 Å². The Balaban J connectivity index is 1.97. The van der Waals surface area contributed by atoms with Crippen molar-refractivity contribution >= 4 is 23.2 Å². The number of rotatable bonds is 3. The molecule has 3 aromatic carbocycles. The average molecular weight is 393 g/mol. The van der Waals surface area contributed by atoms with Gasteiger partial charge in [0.1, 0.15) is 5.69 Å². The maximum atomic E-state index is 6.85. The molecule has 0 bridgehead atoms. The highest BCUT2D eigenvalue weighted by atomic mass is 35.5. The average Bonchev–Trinajstić information content (AvgIpc) is 3.00. The Morgan fingerprint density at radius 3 is 1.93 bits per heavy atom. The molecule has 0 saturated heterocycles. The van der Waals surface area contributed by atoms with Gasteiger partial charge in [0, 0.05) is 16.1 Å². The van der Waals surface area contributed by atoms with Crippen molar-refractivity contribution in [3.05, 3.63) is 94.0 Å². The molecule has 0 aliphatic carbocycles. The zero-order valence-corrected chi connectivity index (χ0v) is 16.6. The molecule has 0 N–H and O–H groups in total. The molecule has 1 heterocycles. The third kappa shape index (κ3) is 3.51. The van der Waals surface area contributed by atoms with E-state index in [2.05, 4.69) is 50.2 Å². The fourth-order valence-corrected chi connectivity index (χ4v) is 3.57. The standard InChI is InChI=1S/C23H18Cl2N2/c1-15-6-10-17(11-7-15)22-21(25)23(18-12-8-16(2)9-13-18)27(26-22)20-5-3-4-19(24)14-20/h3-14H,1-2H3. The number of hydrogen-bond acceptors (Lipinski definition) is 1. The zero-order chi connectivity index (χ0) is 19.0. The highest BCUT2D eigenvalue weighted by Crippen LogP contribution is 2.38. The summed E-state index contributed by atoms with van der Waals surface area (Å²) in [7, 11) is 0. The van der Waals surface area contributed by atoms with Gasteiger partial charge < -0.3 is 0 Å². The molecule has 0 fully saturated rings. The first-order valence-corrected chi connectivity index (χ1v) is 9.47. The quantitative estimate of drug-likeness (QED) is 0.362. The van der Waals surface area contributed by atoms with E-state index in [-0.39, 0.29) is 0 Å². The van der Waals surface area contributed by atoms with E-state index in [1.165, 1.54) is 11.1 Å². The van der Waals surface area contributed by atoms with Crippen LogP contribution < -0.4 is 0 Å². The van der Waals surface area contributed by atoms with Crippen LogP contribution in [0.1, 0.15) is 11.1 Å². The van der Waals surface area contributed by atoms with Crippen LogP contribution in [0.25, 0.3) is 28.2 Å². The molecule has 2 nitrogen and oxygen atoms in total. The monoisotopic (exact) mass is 392 g/mol. The Labute approximate surface area is 169 Å². The fourth-order valence-electron chi connectivity index (χ4n) is 3.05. The zero-order valence-electron chi connectivity index (χ0n) is 15.1. The summed E-state index contributed by atoms with van der Waals surface area (Å²) in [5, 5.41) is 6.13. The van der Waals surface area contributed by atoms with Gasteiger partial charge in [-0.2, -0.15) is 5.10 Å². The molecule has 4 rings (SSSR count). The summed E-state index contributed by atoms with van der Waals surface area (Å²) in [5.74, 6) is 0. The van der Waals surface area contributed by atoms with E-state index in [1.54, 1.807) is 0 Å². The van der Waals surface area contributed by atoms with Crippen LogP contribution in [-0.4, -0.2) is 9.78 Å². The minimum Gasteiger partial charge on any atom is -0.231 e.